The first-order valence-corrected chi connectivity index (χ1v) is 8.31. The minimum absolute atomic E-state index is 0.0459. The number of aromatic nitrogens is 1. The Hall–Kier alpha value is -2.05. The molecule has 1 aliphatic heterocycles. The number of benzene rings is 1. The summed E-state index contributed by atoms with van der Waals surface area (Å²) in [4.78, 5) is 15.9. The third kappa shape index (κ3) is 3.96. The van der Waals surface area contributed by atoms with Gasteiger partial charge in [-0.1, -0.05) is 11.6 Å². The summed E-state index contributed by atoms with van der Waals surface area (Å²) in [6.45, 7) is 2.73. The fourth-order valence-electron chi connectivity index (χ4n) is 3.02. The quantitative estimate of drug-likeness (QED) is 0.814. The van der Waals surface area contributed by atoms with Crippen LogP contribution in [-0.4, -0.2) is 23.9 Å². The Kier molecular flexibility index (Phi) is 5.30. The first-order valence-electron chi connectivity index (χ1n) is 7.93. The van der Waals surface area contributed by atoms with E-state index in [-0.39, 0.29) is 17.2 Å². The molecule has 1 N–H and O–H groups in total. The van der Waals surface area contributed by atoms with Gasteiger partial charge in [0.1, 0.15) is 11.9 Å². The van der Waals surface area contributed by atoms with Crippen molar-refractivity contribution >= 4 is 17.4 Å². The number of carbonyl (C=O) groups is 1. The summed E-state index contributed by atoms with van der Waals surface area (Å²) < 4.78 is 33.8. The van der Waals surface area contributed by atoms with Crippen LogP contribution in [0.2, 0.25) is 5.02 Å². The van der Waals surface area contributed by atoms with Crippen molar-refractivity contribution in [1.82, 2.24) is 10.3 Å². The van der Waals surface area contributed by atoms with E-state index in [4.69, 9.17) is 16.3 Å². The lowest BCUT2D eigenvalue weighted by atomic mass is 9.95. The molecule has 2 atom stereocenters. The van der Waals surface area contributed by atoms with E-state index in [0.717, 1.165) is 19.0 Å². The van der Waals surface area contributed by atoms with E-state index in [2.05, 4.69) is 10.3 Å². The molecule has 3 rings (SSSR count). The number of hydrogen-bond donors (Lipinski definition) is 1. The third-order valence-corrected chi connectivity index (χ3v) is 4.42. The van der Waals surface area contributed by atoms with Crippen LogP contribution in [0.1, 0.15) is 35.4 Å². The van der Waals surface area contributed by atoms with Gasteiger partial charge >= 0.3 is 0 Å². The molecule has 2 aromatic rings. The van der Waals surface area contributed by atoms with Crippen molar-refractivity contribution in [1.29, 1.82) is 0 Å². The van der Waals surface area contributed by atoms with Gasteiger partial charge in [-0.05, 0) is 32.0 Å². The molecule has 1 aromatic heterocycles. The van der Waals surface area contributed by atoms with E-state index >= 15 is 0 Å². The Morgan fingerprint density at radius 1 is 1.36 bits per heavy atom. The molecule has 1 saturated heterocycles. The lowest BCUT2D eigenvalue weighted by molar-refractivity contribution is 0.0991. The highest BCUT2D eigenvalue weighted by Gasteiger charge is 2.30. The van der Waals surface area contributed by atoms with Crippen LogP contribution in [0.25, 0.3) is 0 Å². The van der Waals surface area contributed by atoms with E-state index in [1.54, 1.807) is 12.3 Å². The molecule has 0 radical (unpaired) electrons. The number of carbonyl (C=O) groups excluding carboxylic acids is 1. The molecular formula is C18H17ClF2N2O2. The topological polar surface area (TPSA) is 51.2 Å². The Labute approximate surface area is 149 Å². The van der Waals surface area contributed by atoms with E-state index in [0.29, 0.717) is 23.2 Å². The van der Waals surface area contributed by atoms with Crippen LogP contribution in [0.4, 0.5) is 8.78 Å². The first-order chi connectivity index (χ1) is 12.0. The van der Waals surface area contributed by atoms with Gasteiger partial charge in [-0.3, -0.25) is 9.78 Å². The van der Waals surface area contributed by atoms with Crippen LogP contribution in [-0.2, 0) is 0 Å². The average molecular weight is 367 g/mol. The second kappa shape index (κ2) is 7.45. The van der Waals surface area contributed by atoms with Gasteiger partial charge < -0.3 is 10.1 Å². The smallest absolute Gasteiger partial charge is 0.168 e. The molecule has 25 heavy (non-hydrogen) atoms. The van der Waals surface area contributed by atoms with Crippen molar-refractivity contribution in [3.8, 4) is 5.75 Å². The zero-order valence-corrected chi connectivity index (χ0v) is 14.3. The number of pyridine rings is 1. The normalized spacial score (nSPS) is 18.2. The van der Waals surface area contributed by atoms with Gasteiger partial charge in [0.05, 0.1) is 10.6 Å². The Balaban J connectivity index is 2.03. The lowest BCUT2D eigenvalue weighted by Gasteiger charge is -2.26. The van der Waals surface area contributed by atoms with Crippen LogP contribution < -0.4 is 10.1 Å². The molecule has 1 aliphatic rings. The summed E-state index contributed by atoms with van der Waals surface area (Å²) in [5, 5.41) is 3.66. The fourth-order valence-corrected chi connectivity index (χ4v) is 3.21. The van der Waals surface area contributed by atoms with Crippen LogP contribution in [0.15, 0.2) is 30.6 Å². The van der Waals surface area contributed by atoms with Crippen molar-refractivity contribution in [3.05, 3.63) is 58.4 Å². The number of hydrogen-bond acceptors (Lipinski definition) is 4. The Morgan fingerprint density at radius 3 is 2.80 bits per heavy atom. The molecule has 4 nitrogen and oxygen atoms in total. The summed E-state index contributed by atoms with van der Waals surface area (Å²) in [5.74, 6) is -2.40. The predicted octanol–water partition coefficient (Wildman–Crippen LogP) is 3.95. The van der Waals surface area contributed by atoms with E-state index in [9.17, 15) is 13.6 Å². The van der Waals surface area contributed by atoms with Gasteiger partial charge in [-0.15, -0.1) is 0 Å². The number of ketones is 1. The number of nitrogens with one attached hydrogen (secondary N) is 1. The van der Waals surface area contributed by atoms with Gasteiger partial charge in [-0.2, -0.15) is 0 Å². The van der Waals surface area contributed by atoms with E-state index in [1.165, 1.54) is 13.1 Å². The summed E-state index contributed by atoms with van der Waals surface area (Å²) >= 11 is 6.02. The van der Waals surface area contributed by atoms with Gasteiger partial charge in [-0.25, -0.2) is 8.78 Å². The Bertz CT molecular complexity index is 795. The van der Waals surface area contributed by atoms with Crippen molar-refractivity contribution in [3.63, 3.8) is 0 Å². The lowest BCUT2D eigenvalue weighted by Crippen LogP contribution is -2.23. The van der Waals surface area contributed by atoms with Crippen molar-refractivity contribution in [2.24, 2.45) is 5.92 Å². The molecule has 1 aromatic carbocycles. The number of halogens is 3. The average Bonchev–Trinajstić information content (AvgIpc) is 3.07. The molecule has 2 heterocycles. The monoisotopic (exact) mass is 366 g/mol. The van der Waals surface area contributed by atoms with Crippen LogP contribution in [0, 0.1) is 17.6 Å². The van der Waals surface area contributed by atoms with Crippen LogP contribution in [0.5, 0.6) is 5.75 Å². The zero-order chi connectivity index (χ0) is 18.0. The maximum absolute atomic E-state index is 14.3. The summed E-state index contributed by atoms with van der Waals surface area (Å²) in [5.41, 5.74) is 0.558. The summed E-state index contributed by atoms with van der Waals surface area (Å²) in [7, 11) is 0. The maximum Gasteiger partial charge on any atom is 0.168 e. The Morgan fingerprint density at radius 2 is 2.16 bits per heavy atom. The second-order valence-corrected chi connectivity index (χ2v) is 6.48. The molecule has 132 valence electrons. The molecule has 1 fully saturated rings. The molecule has 0 saturated carbocycles. The fraction of sp³-hybridized carbons (Fsp3) is 0.333. The minimum Gasteiger partial charge on any atom is -0.481 e. The number of Topliss-reactive ketones (excluding diaryl/α,β-unsaturated/α-hetero) is 1. The number of nitrogens with zero attached hydrogens (tertiary/aromatic N) is 1. The largest absolute Gasteiger partial charge is 0.481 e. The molecule has 7 heteroatoms. The second-order valence-electron chi connectivity index (χ2n) is 6.05. The summed E-state index contributed by atoms with van der Waals surface area (Å²) in [6, 6.07) is 3.40. The first kappa shape index (κ1) is 17.8. The summed E-state index contributed by atoms with van der Waals surface area (Å²) in [6.07, 6.45) is 3.35. The van der Waals surface area contributed by atoms with Gasteiger partial charge in [0.15, 0.2) is 17.3 Å². The molecule has 0 spiro atoms. The van der Waals surface area contributed by atoms with E-state index in [1.807, 2.05) is 0 Å². The highest BCUT2D eigenvalue weighted by Crippen LogP contribution is 2.36. The molecule has 0 aliphatic carbocycles. The van der Waals surface area contributed by atoms with Crippen LogP contribution >= 0.6 is 11.6 Å². The number of ether oxygens (including phenoxy) is 1. The number of rotatable bonds is 5. The SMILES string of the molecule is CC(=O)c1cc(F)cc(F)c1O[C@H](c1cncc(Cl)c1)C1CCNC1. The van der Waals surface area contributed by atoms with Gasteiger partial charge in [0, 0.05) is 36.5 Å². The predicted molar refractivity (Wildman–Crippen MR) is 90.0 cm³/mol. The van der Waals surface area contributed by atoms with Gasteiger partial charge in [0.25, 0.3) is 0 Å². The van der Waals surface area contributed by atoms with Crippen molar-refractivity contribution in [2.45, 2.75) is 19.4 Å². The van der Waals surface area contributed by atoms with Gasteiger partial charge in [0.2, 0.25) is 0 Å². The highest BCUT2D eigenvalue weighted by molar-refractivity contribution is 6.30. The molecular weight excluding hydrogens is 350 g/mol. The van der Waals surface area contributed by atoms with Crippen molar-refractivity contribution in [2.75, 3.05) is 13.1 Å². The molecule has 1 unspecified atom stereocenters. The minimum atomic E-state index is -0.906. The van der Waals surface area contributed by atoms with Crippen molar-refractivity contribution < 1.29 is 18.3 Å². The van der Waals surface area contributed by atoms with E-state index < -0.39 is 23.5 Å². The third-order valence-electron chi connectivity index (χ3n) is 4.21. The highest BCUT2D eigenvalue weighted by atomic mass is 35.5. The standard InChI is InChI=1S/C18H17ClF2N2O2/c1-10(24)15-5-14(20)6-16(21)18(15)25-17(11-2-3-22-7-11)12-4-13(19)9-23-8-12/h4-6,8-9,11,17,22H,2-3,7H2,1H3/t11?,17-/m0/s1. The van der Waals surface area contributed by atoms with Crippen LogP contribution in [0.3, 0.4) is 0 Å². The zero-order valence-electron chi connectivity index (χ0n) is 13.6. The molecule has 0 bridgehead atoms. The molecule has 0 amide bonds. The maximum atomic E-state index is 14.3.